The summed E-state index contributed by atoms with van der Waals surface area (Å²) in [6.07, 6.45) is 5.11. The Kier molecular flexibility index (Phi) is 13.1. The van der Waals surface area contributed by atoms with Gasteiger partial charge in [0, 0.05) is 24.0 Å². The van der Waals surface area contributed by atoms with Crippen LogP contribution in [0.25, 0.3) is 28.2 Å². The van der Waals surface area contributed by atoms with Gasteiger partial charge in [-0.15, -0.1) is 6.10 Å². The number of ether oxygens (including phenoxy) is 1. The summed E-state index contributed by atoms with van der Waals surface area (Å²) in [7, 11) is 0. The Morgan fingerprint density at radius 1 is 0.936 bits per heavy atom. The second kappa shape index (κ2) is 16.8. The minimum atomic E-state index is -0.602. The summed E-state index contributed by atoms with van der Waals surface area (Å²) >= 11 is 0. The van der Waals surface area contributed by atoms with Crippen LogP contribution in [-0.4, -0.2) is 37.4 Å². The van der Waals surface area contributed by atoms with Crippen LogP contribution in [0.15, 0.2) is 86.9 Å². The topological polar surface area (TPSA) is 158 Å². The van der Waals surface area contributed by atoms with Crippen LogP contribution in [0, 0.1) is 0 Å². The zero-order valence-electron chi connectivity index (χ0n) is 27.1. The fraction of sp³-hybridized carbons (Fsp3) is 0.333. The molecule has 5 aromatic rings. The van der Waals surface area contributed by atoms with Gasteiger partial charge in [0.2, 0.25) is 0 Å². The zero-order valence-corrected chi connectivity index (χ0v) is 30.2. The molecule has 0 unspecified atom stereocenters. The van der Waals surface area contributed by atoms with E-state index in [9.17, 15) is 14.7 Å². The number of aryl methyl sites for hydroxylation is 2. The first-order valence-corrected chi connectivity index (χ1v) is 15.7. The van der Waals surface area contributed by atoms with Gasteiger partial charge in [-0.05, 0) is 60.2 Å². The average molecular weight is 663 g/mol. The van der Waals surface area contributed by atoms with E-state index in [1.807, 2.05) is 79.7 Å². The van der Waals surface area contributed by atoms with Gasteiger partial charge in [0.1, 0.15) is 11.6 Å². The molecule has 0 spiro atoms. The molecule has 10 nitrogen and oxygen atoms in total. The third kappa shape index (κ3) is 8.47. The molecule has 0 radical (unpaired) electrons. The van der Waals surface area contributed by atoms with E-state index in [4.69, 9.17) is 14.2 Å². The van der Waals surface area contributed by atoms with E-state index in [-0.39, 0.29) is 68.5 Å². The Hall–Kier alpha value is -3.16. The molecule has 1 aliphatic rings. The van der Waals surface area contributed by atoms with Crippen molar-refractivity contribution in [2.24, 2.45) is 0 Å². The van der Waals surface area contributed by atoms with Gasteiger partial charge in [0.05, 0.1) is 17.5 Å². The predicted molar refractivity (Wildman–Crippen MR) is 174 cm³/mol. The van der Waals surface area contributed by atoms with Gasteiger partial charge < -0.3 is 15.3 Å². The second-order valence-corrected chi connectivity index (χ2v) is 11.6. The first kappa shape index (κ1) is 36.7. The van der Waals surface area contributed by atoms with Crippen molar-refractivity contribution < 1.29 is 71.2 Å². The van der Waals surface area contributed by atoms with E-state index in [1.165, 1.54) is 0 Å². The predicted octanol–water partition coefficient (Wildman–Crippen LogP) is 1.58. The van der Waals surface area contributed by atoms with Crippen molar-refractivity contribution in [3.63, 3.8) is 0 Å². The van der Waals surface area contributed by atoms with Crippen LogP contribution >= 0.6 is 0 Å². The van der Waals surface area contributed by atoms with E-state index in [1.54, 1.807) is 4.57 Å². The molecule has 6 rings (SSSR count). The molecule has 47 heavy (non-hydrogen) atoms. The van der Waals surface area contributed by atoms with Gasteiger partial charge in [-0.25, -0.2) is 9.78 Å². The van der Waals surface area contributed by atoms with E-state index in [2.05, 4.69) is 17.1 Å². The number of aromatic amines is 1. The first-order valence-electron chi connectivity index (χ1n) is 15.7. The molecular formula is C36H39KN4O6. The maximum atomic E-state index is 14.2. The molecule has 1 aliphatic carbocycles. The smallest absolute Gasteiger partial charge is 0.852 e. The van der Waals surface area contributed by atoms with Crippen molar-refractivity contribution in [1.29, 1.82) is 0 Å². The summed E-state index contributed by atoms with van der Waals surface area (Å²) in [5, 5.41) is 15.5. The monoisotopic (exact) mass is 662 g/mol. The number of benzene rings is 3. The van der Waals surface area contributed by atoms with E-state index < -0.39 is 11.9 Å². The largest absolute Gasteiger partial charge is 1.00 e. The van der Waals surface area contributed by atoms with Crippen LogP contribution in [0.4, 0.5) is 0 Å². The van der Waals surface area contributed by atoms with Crippen molar-refractivity contribution in [2.75, 3.05) is 0 Å². The van der Waals surface area contributed by atoms with Crippen molar-refractivity contribution in [3.8, 4) is 34.0 Å². The number of hydrogen-bond acceptors (Lipinski definition) is 7. The Morgan fingerprint density at radius 3 is 2.23 bits per heavy atom. The number of aromatic nitrogens is 4. The quantitative estimate of drug-likeness (QED) is 0.223. The average Bonchev–Trinajstić information content (AvgIpc) is 3.50. The van der Waals surface area contributed by atoms with Gasteiger partial charge >= 0.3 is 57.1 Å². The van der Waals surface area contributed by atoms with Gasteiger partial charge in [0.25, 0.3) is 5.56 Å². The fourth-order valence-corrected chi connectivity index (χ4v) is 6.08. The molecule has 0 saturated heterocycles. The standard InChI is InChI=1S/C36H37N4O5.K.H2O/c1-3-7-32-31(22-23-10-12-24(13-11-23)29-8-5-6-9-30(29)34-38-36(43)45-39-34)35(42)40(33(4-2)37-32)25-14-18-27(19-15-25)44-28-20-16-26(41)17-21-28;;/h5-6,8-15,18-19,26,28H,3-4,7,16-17,20-22H2,1-2H3,(H,38,39,43);;1H2/q-1;+1;. The molecule has 2 heterocycles. The van der Waals surface area contributed by atoms with Crippen LogP contribution in [0.1, 0.15) is 68.6 Å². The zero-order chi connectivity index (χ0) is 31.3. The maximum Gasteiger partial charge on any atom is 1.00 e. The molecule has 0 atom stereocenters. The van der Waals surface area contributed by atoms with Crippen molar-refractivity contribution in [1.82, 2.24) is 19.7 Å². The molecule has 0 bridgehead atoms. The summed E-state index contributed by atoms with van der Waals surface area (Å²) < 4.78 is 12.6. The number of nitrogens with zero attached hydrogens (tertiary/aromatic N) is 3. The van der Waals surface area contributed by atoms with E-state index in [0.717, 1.165) is 70.9 Å². The van der Waals surface area contributed by atoms with E-state index in [0.29, 0.717) is 37.1 Å². The Balaban J connectivity index is 0.00000250. The molecule has 3 N–H and O–H groups in total. The summed E-state index contributed by atoms with van der Waals surface area (Å²) in [6, 6.07) is 23.4. The second-order valence-electron chi connectivity index (χ2n) is 11.6. The molecule has 2 aromatic heterocycles. The molecule has 0 amide bonds. The number of hydrogen-bond donors (Lipinski definition) is 1. The first-order chi connectivity index (χ1) is 21.9. The number of rotatable bonds is 10. The molecule has 3 aromatic carbocycles. The third-order valence-electron chi connectivity index (χ3n) is 8.42. The number of nitrogens with one attached hydrogen (secondary N) is 1. The SMILES string of the molecule is CCCc1nc(CC)n(-c2ccc(OC3CCC([O-])CC3)cc2)c(=O)c1Cc1ccc(-c2ccccc2-c2noc(=O)[nH]2)cc1.O.[K+]. The van der Waals surface area contributed by atoms with Crippen LogP contribution in [-0.2, 0) is 19.3 Å². The summed E-state index contributed by atoms with van der Waals surface area (Å²) in [5.74, 6) is 1.24. The van der Waals surface area contributed by atoms with Crippen LogP contribution in [0.3, 0.4) is 0 Å². The van der Waals surface area contributed by atoms with Crippen LogP contribution in [0.2, 0.25) is 0 Å². The normalized spacial score (nSPS) is 15.8. The van der Waals surface area contributed by atoms with Gasteiger partial charge in [-0.1, -0.05) is 86.8 Å². The van der Waals surface area contributed by atoms with Crippen molar-refractivity contribution in [3.05, 3.63) is 116 Å². The maximum absolute atomic E-state index is 14.2. The molecule has 1 fully saturated rings. The summed E-state index contributed by atoms with van der Waals surface area (Å²) in [6.45, 7) is 4.11. The van der Waals surface area contributed by atoms with Gasteiger partial charge in [0.15, 0.2) is 5.82 Å². The molecule has 240 valence electrons. The van der Waals surface area contributed by atoms with E-state index >= 15 is 0 Å². The van der Waals surface area contributed by atoms with Crippen LogP contribution in [0.5, 0.6) is 5.75 Å². The molecule has 11 heteroatoms. The minimum Gasteiger partial charge on any atom is -0.852 e. The third-order valence-corrected chi connectivity index (χ3v) is 8.42. The van der Waals surface area contributed by atoms with Crippen LogP contribution < -0.4 is 72.5 Å². The number of H-pyrrole nitrogens is 1. The van der Waals surface area contributed by atoms with Crippen molar-refractivity contribution in [2.45, 2.75) is 77.4 Å². The minimum absolute atomic E-state index is 0. The molecule has 1 saturated carbocycles. The Bertz CT molecular complexity index is 1870. The molecule has 0 aliphatic heterocycles. The summed E-state index contributed by atoms with van der Waals surface area (Å²) in [4.78, 5) is 33.4. The Labute approximate surface area is 316 Å². The van der Waals surface area contributed by atoms with Crippen molar-refractivity contribution >= 4 is 0 Å². The van der Waals surface area contributed by atoms with Gasteiger partial charge in [-0.2, -0.15) is 0 Å². The molecular weight excluding hydrogens is 624 g/mol. The summed E-state index contributed by atoms with van der Waals surface area (Å²) in [5.41, 5.74) is 5.84. The fourth-order valence-electron chi connectivity index (χ4n) is 6.08. The van der Waals surface area contributed by atoms with Gasteiger partial charge in [-0.3, -0.25) is 18.9 Å². The Morgan fingerprint density at radius 2 is 1.62 bits per heavy atom.